The van der Waals surface area contributed by atoms with Gasteiger partial charge < -0.3 is 70.8 Å². The van der Waals surface area contributed by atoms with Crippen LogP contribution in [0.15, 0.2) is 29.3 Å². The number of aliphatic imine (C=N–C) groups is 1. The lowest BCUT2D eigenvalue weighted by Gasteiger charge is -2.27. The molecule has 0 fully saturated rings. The number of aromatic hydroxyl groups is 1. The third-order valence-electron chi connectivity index (χ3n) is 8.94. The lowest BCUT2D eigenvalue weighted by Crippen LogP contribution is -2.60. The Bertz CT molecular complexity index is 1760. The number of thioether (sulfide) groups is 2. The predicted molar refractivity (Wildman–Crippen MR) is 241 cm³/mol. The number of hydrogen-bond donors (Lipinski definition) is 14. The normalized spacial score (nSPS) is 14.2. The van der Waals surface area contributed by atoms with Crippen molar-refractivity contribution in [1.29, 1.82) is 0 Å². The van der Waals surface area contributed by atoms with Crippen LogP contribution in [0.1, 0.15) is 50.5 Å². The number of guanidine groups is 1. The van der Waals surface area contributed by atoms with Crippen LogP contribution in [0.5, 0.6) is 5.75 Å². The van der Waals surface area contributed by atoms with E-state index in [2.05, 4.69) is 49.5 Å². The van der Waals surface area contributed by atoms with E-state index in [1.54, 1.807) is 24.6 Å². The number of thiol groups is 1. The molecule has 0 aliphatic rings. The smallest absolute Gasteiger partial charge is 0.326 e. The van der Waals surface area contributed by atoms with Crippen LogP contribution >= 0.6 is 36.2 Å². The molecule has 0 saturated carbocycles. The number of amides is 8. The van der Waals surface area contributed by atoms with E-state index in [1.807, 2.05) is 0 Å². The van der Waals surface area contributed by atoms with Crippen LogP contribution in [0.4, 0.5) is 0 Å². The quantitative estimate of drug-likeness (QED) is 0.0146. The molecule has 8 amide bonds. The number of phenols is 1. The van der Waals surface area contributed by atoms with E-state index in [0.29, 0.717) is 17.1 Å². The van der Waals surface area contributed by atoms with E-state index in [4.69, 9.17) is 28.7 Å². The van der Waals surface area contributed by atoms with E-state index in [0.717, 1.165) is 0 Å². The molecule has 0 spiro atoms. The summed E-state index contributed by atoms with van der Waals surface area (Å²) in [5.74, 6) is -8.32. The van der Waals surface area contributed by atoms with Gasteiger partial charge in [-0.15, -0.1) is 0 Å². The molecular formula is C37H60N12O11S3. The van der Waals surface area contributed by atoms with Crippen LogP contribution in [-0.4, -0.2) is 148 Å². The number of nitrogens with zero attached hydrogens (tertiary/aromatic N) is 1. The highest BCUT2D eigenvalue weighted by molar-refractivity contribution is 7.98. The molecule has 0 unspecified atom stereocenters. The van der Waals surface area contributed by atoms with Gasteiger partial charge in [0.15, 0.2) is 5.96 Å². The predicted octanol–water partition coefficient (Wildman–Crippen LogP) is -4.11. The third-order valence-corrected chi connectivity index (χ3v) is 10.6. The van der Waals surface area contributed by atoms with Crippen molar-refractivity contribution < 1.29 is 53.4 Å². The zero-order chi connectivity index (χ0) is 47.6. The van der Waals surface area contributed by atoms with Gasteiger partial charge in [-0.1, -0.05) is 12.1 Å². The summed E-state index contributed by atoms with van der Waals surface area (Å²) in [6, 6.07) is -3.66. The van der Waals surface area contributed by atoms with Crippen LogP contribution in [-0.2, 0) is 49.6 Å². The fraction of sp³-hybridized carbons (Fsp3) is 0.568. The molecule has 63 heavy (non-hydrogen) atoms. The van der Waals surface area contributed by atoms with Gasteiger partial charge in [0.25, 0.3) is 0 Å². The molecule has 0 aliphatic carbocycles. The largest absolute Gasteiger partial charge is 0.508 e. The fourth-order valence-corrected chi connectivity index (χ4v) is 6.75. The van der Waals surface area contributed by atoms with Gasteiger partial charge in [-0.25, -0.2) is 4.79 Å². The molecule has 352 valence electrons. The van der Waals surface area contributed by atoms with E-state index in [1.165, 1.54) is 35.7 Å². The zero-order valence-corrected chi connectivity index (χ0v) is 37.5. The molecule has 0 bridgehead atoms. The van der Waals surface area contributed by atoms with Crippen molar-refractivity contribution in [2.45, 2.75) is 93.7 Å². The van der Waals surface area contributed by atoms with Crippen molar-refractivity contribution in [3.63, 3.8) is 0 Å². The highest BCUT2D eigenvalue weighted by atomic mass is 32.2. The molecule has 0 heterocycles. The Morgan fingerprint density at radius 1 is 0.635 bits per heavy atom. The monoisotopic (exact) mass is 944 g/mol. The number of benzene rings is 1. The number of phenolic OH excluding ortho intramolecular Hbond substituents is 1. The minimum absolute atomic E-state index is 0.00445. The summed E-state index contributed by atoms with van der Waals surface area (Å²) < 4.78 is 0. The summed E-state index contributed by atoms with van der Waals surface area (Å²) in [6.07, 6.45) is 2.24. The maximum absolute atomic E-state index is 13.8. The van der Waals surface area contributed by atoms with Crippen LogP contribution in [0.25, 0.3) is 0 Å². The third kappa shape index (κ3) is 22.5. The van der Waals surface area contributed by atoms with E-state index >= 15 is 0 Å². The minimum Gasteiger partial charge on any atom is -0.508 e. The summed E-state index contributed by atoms with van der Waals surface area (Å²) >= 11 is 6.79. The molecule has 7 atom stereocenters. The van der Waals surface area contributed by atoms with Gasteiger partial charge in [0.1, 0.15) is 42.0 Å². The number of rotatable bonds is 31. The highest BCUT2D eigenvalue weighted by Gasteiger charge is 2.34. The number of carboxylic acid groups (broad SMARTS) is 1. The Hall–Kier alpha value is -5.47. The maximum atomic E-state index is 13.8. The molecular weight excluding hydrogens is 885 g/mol. The van der Waals surface area contributed by atoms with Crippen molar-refractivity contribution in [2.24, 2.45) is 33.7 Å². The molecule has 0 aliphatic heterocycles. The first-order valence-corrected chi connectivity index (χ1v) is 22.9. The second-order valence-corrected chi connectivity index (χ2v) is 16.4. The van der Waals surface area contributed by atoms with Crippen molar-refractivity contribution >= 4 is 95.3 Å². The number of nitrogens with one attached hydrogen (secondary N) is 6. The topological polar surface area (TPSA) is 409 Å². The van der Waals surface area contributed by atoms with Crippen molar-refractivity contribution in [3.8, 4) is 5.75 Å². The highest BCUT2D eigenvalue weighted by Crippen LogP contribution is 2.12. The number of carbonyl (C=O) groups is 9. The minimum atomic E-state index is -1.63. The van der Waals surface area contributed by atoms with Gasteiger partial charge in [-0.3, -0.25) is 43.3 Å². The first-order valence-electron chi connectivity index (χ1n) is 19.5. The first-order chi connectivity index (χ1) is 29.7. The van der Waals surface area contributed by atoms with Crippen LogP contribution < -0.4 is 60.6 Å². The lowest BCUT2D eigenvalue weighted by atomic mass is 10.1. The Labute approximate surface area is 378 Å². The maximum Gasteiger partial charge on any atom is 0.326 e. The van der Waals surface area contributed by atoms with Crippen LogP contribution in [0.3, 0.4) is 0 Å². The van der Waals surface area contributed by atoms with E-state index < -0.39 is 102 Å². The molecule has 26 heteroatoms. The molecule has 23 nitrogen and oxygen atoms in total. The summed E-state index contributed by atoms with van der Waals surface area (Å²) in [5.41, 5.74) is 28.0. The van der Waals surface area contributed by atoms with E-state index in [9.17, 15) is 53.4 Å². The van der Waals surface area contributed by atoms with Gasteiger partial charge >= 0.3 is 5.97 Å². The second-order valence-electron chi connectivity index (χ2n) is 14.1. The average Bonchev–Trinajstić information content (AvgIpc) is 3.22. The van der Waals surface area contributed by atoms with Gasteiger partial charge in [0.2, 0.25) is 47.3 Å². The summed E-state index contributed by atoms with van der Waals surface area (Å²) in [6.45, 7) is 0.0792. The van der Waals surface area contributed by atoms with Crippen molar-refractivity contribution in [3.05, 3.63) is 29.8 Å². The average molecular weight is 945 g/mol. The number of nitrogens with two attached hydrogens (primary N) is 5. The summed E-state index contributed by atoms with van der Waals surface area (Å²) in [4.78, 5) is 120. The van der Waals surface area contributed by atoms with Gasteiger partial charge in [0.05, 0.1) is 12.5 Å². The fourth-order valence-electron chi connectivity index (χ4n) is 5.55. The summed E-state index contributed by atoms with van der Waals surface area (Å²) in [5, 5.41) is 33.9. The standard InChI is InChI=1S/C37H60N12O11S3/c1-62-14-11-23(32(55)44-22(9-10-28(39)51)31(54)47-25(36(59)60)4-3-13-43-37(41)42)45-33(56)24(12-15-63-2)46-34(57)26(17-29(40)52)48-35(58)27(18-61)49-30(53)21(38)16-19-5-7-20(50)8-6-19/h5-8,21-27,50,61H,3-4,9-18,38H2,1-2H3,(H2,39,51)(H2,40,52)(H,44,55)(H,45,56)(H,46,57)(H,47,54)(H,48,58)(H,49,53)(H,59,60)(H4,41,42,43)/t21-,22-,23-,24-,25-,26-,27-/m0/s1. The molecule has 1 aromatic carbocycles. The molecule has 1 aromatic rings. The number of carboxylic acids is 1. The number of hydrogen-bond acceptors (Lipinski definition) is 15. The zero-order valence-electron chi connectivity index (χ0n) is 35.0. The number of aliphatic carboxylic acids is 1. The van der Waals surface area contributed by atoms with Crippen LogP contribution in [0.2, 0.25) is 0 Å². The molecule has 18 N–H and O–H groups in total. The molecule has 1 rings (SSSR count). The Morgan fingerprint density at radius 2 is 1.08 bits per heavy atom. The number of primary amides is 2. The van der Waals surface area contributed by atoms with Crippen LogP contribution in [0, 0.1) is 0 Å². The lowest BCUT2D eigenvalue weighted by molar-refractivity contribution is -0.142. The van der Waals surface area contributed by atoms with Gasteiger partial charge in [0, 0.05) is 18.7 Å². The Morgan fingerprint density at radius 3 is 1.52 bits per heavy atom. The number of carbonyl (C=O) groups excluding carboxylic acids is 8. The molecule has 0 radical (unpaired) electrons. The van der Waals surface area contributed by atoms with Crippen molar-refractivity contribution in [1.82, 2.24) is 31.9 Å². The SMILES string of the molecule is CSCC[C@H](NC(=O)[C@H](CCSC)NC(=O)[C@H](CC(N)=O)NC(=O)[C@H](CS)NC(=O)[C@@H](N)Cc1ccc(O)cc1)C(=O)N[C@@H](CCC(N)=O)C(=O)N[C@@H](CCCN=C(N)N)C(=O)O. The Balaban J connectivity index is 3.23. The first kappa shape index (κ1) is 55.5. The second kappa shape index (κ2) is 29.8. The van der Waals surface area contributed by atoms with E-state index in [-0.39, 0.29) is 69.0 Å². The van der Waals surface area contributed by atoms with Gasteiger partial charge in [-0.05, 0) is 80.2 Å². The Kier molecular flexibility index (Phi) is 26.2. The summed E-state index contributed by atoms with van der Waals surface area (Å²) in [7, 11) is 0. The van der Waals surface area contributed by atoms with Gasteiger partial charge in [-0.2, -0.15) is 36.2 Å². The molecule has 0 saturated heterocycles. The van der Waals surface area contributed by atoms with Crippen molar-refractivity contribution in [2.75, 3.05) is 36.3 Å². The molecule has 0 aromatic heterocycles.